The fraction of sp³-hybridized carbons (Fsp3) is 0.467. The van der Waals surface area contributed by atoms with E-state index in [4.69, 9.17) is 0 Å². The zero-order valence-electron chi connectivity index (χ0n) is 11.1. The fourth-order valence-corrected chi connectivity index (χ4v) is 3.06. The first kappa shape index (κ1) is 12.4. The number of hydrogen-bond acceptors (Lipinski definition) is 3. The highest BCUT2D eigenvalue weighted by atomic mass is 16.2. The largest absolute Gasteiger partial charge is 0.314 e. The van der Waals surface area contributed by atoms with Crippen LogP contribution in [0.5, 0.6) is 0 Å². The van der Waals surface area contributed by atoms with Gasteiger partial charge in [-0.25, -0.2) is 0 Å². The molecule has 1 N–H and O–H groups in total. The van der Waals surface area contributed by atoms with Crippen molar-refractivity contribution in [2.75, 3.05) is 13.1 Å². The first-order valence-corrected chi connectivity index (χ1v) is 6.85. The number of hydrogen-bond donors (Lipinski definition) is 1. The first-order valence-electron chi connectivity index (χ1n) is 6.85. The predicted molar refractivity (Wildman–Crippen MR) is 72.0 cm³/mol. The van der Waals surface area contributed by atoms with Gasteiger partial charge in [0.25, 0.3) is 11.8 Å². The Labute approximate surface area is 112 Å². The van der Waals surface area contributed by atoms with Gasteiger partial charge in [0.15, 0.2) is 0 Å². The van der Waals surface area contributed by atoms with Gasteiger partial charge >= 0.3 is 0 Å². The van der Waals surface area contributed by atoms with E-state index in [0.717, 1.165) is 19.4 Å². The molecule has 2 heterocycles. The summed E-state index contributed by atoms with van der Waals surface area (Å²) < 4.78 is 0. The van der Waals surface area contributed by atoms with E-state index >= 15 is 0 Å². The van der Waals surface area contributed by atoms with Gasteiger partial charge in [-0.15, -0.1) is 0 Å². The van der Waals surface area contributed by atoms with Crippen molar-refractivity contribution in [2.45, 2.75) is 25.8 Å². The molecule has 2 amide bonds. The van der Waals surface area contributed by atoms with Gasteiger partial charge in [0, 0.05) is 12.6 Å². The zero-order chi connectivity index (χ0) is 13.4. The van der Waals surface area contributed by atoms with Crippen molar-refractivity contribution in [3.05, 3.63) is 35.4 Å². The van der Waals surface area contributed by atoms with Crippen molar-refractivity contribution in [2.24, 2.45) is 5.92 Å². The first-order chi connectivity index (χ1) is 9.16. The summed E-state index contributed by atoms with van der Waals surface area (Å²) in [6.45, 7) is 3.67. The average Bonchev–Trinajstić information content (AvgIpc) is 2.65. The molecule has 1 fully saturated rings. The lowest BCUT2D eigenvalue weighted by Crippen LogP contribution is -2.42. The van der Waals surface area contributed by atoms with Gasteiger partial charge < -0.3 is 5.32 Å². The lowest BCUT2D eigenvalue weighted by atomic mass is 9.93. The van der Waals surface area contributed by atoms with Gasteiger partial charge in [0.1, 0.15) is 0 Å². The van der Waals surface area contributed by atoms with Crippen LogP contribution in [0.2, 0.25) is 0 Å². The topological polar surface area (TPSA) is 49.4 Å². The van der Waals surface area contributed by atoms with E-state index in [1.54, 1.807) is 24.3 Å². The second-order valence-electron chi connectivity index (χ2n) is 5.51. The third-order valence-electron chi connectivity index (χ3n) is 4.05. The predicted octanol–water partition coefficient (Wildman–Crippen LogP) is 1.67. The molecule has 3 rings (SSSR count). The molecule has 100 valence electrons. The van der Waals surface area contributed by atoms with Crippen LogP contribution in [0.15, 0.2) is 24.3 Å². The van der Waals surface area contributed by atoms with Crippen LogP contribution in [0.3, 0.4) is 0 Å². The number of fused-ring (bicyclic) bond motifs is 1. The van der Waals surface area contributed by atoms with Crippen LogP contribution < -0.4 is 5.32 Å². The SMILES string of the molecule is CC1CC(CN2C(=O)c3ccccc3C2=O)CCN1. The molecule has 2 aliphatic heterocycles. The molecule has 4 nitrogen and oxygen atoms in total. The number of benzene rings is 1. The second-order valence-corrected chi connectivity index (χ2v) is 5.51. The van der Waals surface area contributed by atoms with Gasteiger partial charge in [0.05, 0.1) is 11.1 Å². The molecule has 1 saturated heterocycles. The van der Waals surface area contributed by atoms with Crippen molar-refractivity contribution in [1.29, 1.82) is 0 Å². The smallest absolute Gasteiger partial charge is 0.261 e. The molecule has 4 heteroatoms. The maximum Gasteiger partial charge on any atom is 0.261 e. The number of carbonyl (C=O) groups excluding carboxylic acids is 2. The molecule has 2 unspecified atom stereocenters. The van der Waals surface area contributed by atoms with E-state index in [1.807, 2.05) is 0 Å². The Bertz CT molecular complexity index is 492. The molecule has 2 aliphatic rings. The maximum atomic E-state index is 12.3. The Morgan fingerprint density at radius 3 is 2.42 bits per heavy atom. The minimum absolute atomic E-state index is 0.133. The van der Waals surface area contributed by atoms with Crippen LogP contribution >= 0.6 is 0 Å². The van der Waals surface area contributed by atoms with Crippen LogP contribution in [-0.4, -0.2) is 35.8 Å². The fourth-order valence-electron chi connectivity index (χ4n) is 3.06. The van der Waals surface area contributed by atoms with E-state index in [1.165, 1.54) is 4.90 Å². The molecule has 0 aliphatic carbocycles. The number of nitrogens with zero attached hydrogens (tertiary/aromatic N) is 1. The molecule has 0 radical (unpaired) electrons. The Balaban J connectivity index is 1.77. The monoisotopic (exact) mass is 258 g/mol. The van der Waals surface area contributed by atoms with Gasteiger partial charge in [-0.05, 0) is 44.4 Å². The van der Waals surface area contributed by atoms with E-state index in [-0.39, 0.29) is 11.8 Å². The van der Waals surface area contributed by atoms with Crippen LogP contribution in [0.4, 0.5) is 0 Å². The standard InChI is InChI=1S/C15H18N2O2/c1-10-8-11(6-7-16-10)9-17-14(18)12-4-2-3-5-13(12)15(17)19/h2-5,10-11,16H,6-9H2,1H3. The van der Waals surface area contributed by atoms with Gasteiger partial charge in [0.2, 0.25) is 0 Å². The molecule has 1 aromatic rings. The van der Waals surface area contributed by atoms with E-state index in [2.05, 4.69) is 12.2 Å². The molecule has 0 saturated carbocycles. The van der Waals surface area contributed by atoms with Crippen LogP contribution in [0, 0.1) is 5.92 Å². The van der Waals surface area contributed by atoms with E-state index < -0.39 is 0 Å². The lowest BCUT2D eigenvalue weighted by Gasteiger charge is -2.30. The maximum absolute atomic E-state index is 12.3. The van der Waals surface area contributed by atoms with Crippen molar-refractivity contribution < 1.29 is 9.59 Å². The normalized spacial score (nSPS) is 26.7. The highest BCUT2D eigenvalue weighted by Crippen LogP contribution is 2.26. The number of piperidine rings is 1. The average molecular weight is 258 g/mol. The third kappa shape index (κ3) is 2.16. The summed E-state index contributed by atoms with van der Waals surface area (Å²) in [5, 5.41) is 3.39. The van der Waals surface area contributed by atoms with Crippen molar-refractivity contribution >= 4 is 11.8 Å². The molecule has 0 spiro atoms. The second kappa shape index (κ2) is 4.78. The van der Waals surface area contributed by atoms with Crippen molar-refractivity contribution in [3.63, 3.8) is 0 Å². The number of amides is 2. The van der Waals surface area contributed by atoms with Crippen LogP contribution in [0.1, 0.15) is 40.5 Å². The Kier molecular flexibility index (Phi) is 3.11. The Morgan fingerprint density at radius 1 is 1.21 bits per heavy atom. The van der Waals surface area contributed by atoms with Gasteiger partial charge in [-0.1, -0.05) is 12.1 Å². The number of rotatable bonds is 2. The van der Waals surface area contributed by atoms with Crippen LogP contribution in [0.25, 0.3) is 0 Å². The Morgan fingerprint density at radius 2 is 1.84 bits per heavy atom. The molecule has 0 bridgehead atoms. The molecule has 19 heavy (non-hydrogen) atoms. The van der Waals surface area contributed by atoms with Crippen LogP contribution in [-0.2, 0) is 0 Å². The summed E-state index contributed by atoms with van der Waals surface area (Å²) in [5.41, 5.74) is 1.10. The summed E-state index contributed by atoms with van der Waals surface area (Å²) in [5.74, 6) is 0.150. The molecule has 2 atom stereocenters. The summed E-state index contributed by atoms with van der Waals surface area (Å²) >= 11 is 0. The molecule has 1 aromatic carbocycles. The summed E-state index contributed by atoms with van der Waals surface area (Å²) in [7, 11) is 0. The quantitative estimate of drug-likeness (QED) is 0.821. The summed E-state index contributed by atoms with van der Waals surface area (Å²) in [6.07, 6.45) is 2.05. The minimum Gasteiger partial charge on any atom is -0.314 e. The number of nitrogens with one attached hydrogen (secondary N) is 1. The highest BCUT2D eigenvalue weighted by Gasteiger charge is 2.36. The summed E-state index contributed by atoms with van der Waals surface area (Å²) in [4.78, 5) is 25.9. The van der Waals surface area contributed by atoms with E-state index in [0.29, 0.717) is 29.6 Å². The summed E-state index contributed by atoms with van der Waals surface area (Å²) in [6, 6.07) is 7.55. The Hall–Kier alpha value is -1.68. The van der Waals surface area contributed by atoms with Crippen molar-refractivity contribution in [3.8, 4) is 0 Å². The van der Waals surface area contributed by atoms with Gasteiger partial charge in [-0.3, -0.25) is 14.5 Å². The molecular formula is C15H18N2O2. The number of carbonyl (C=O) groups is 2. The van der Waals surface area contributed by atoms with Crippen molar-refractivity contribution in [1.82, 2.24) is 10.2 Å². The number of imide groups is 1. The zero-order valence-corrected chi connectivity index (χ0v) is 11.1. The molecule has 0 aromatic heterocycles. The van der Waals surface area contributed by atoms with Gasteiger partial charge in [-0.2, -0.15) is 0 Å². The lowest BCUT2D eigenvalue weighted by molar-refractivity contribution is 0.0613. The minimum atomic E-state index is -0.133. The highest BCUT2D eigenvalue weighted by molar-refractivity contribution is 6.21. The third-order valence-corrected chi connectivity index (χ3v) is 4.05. The molecular weight excluding hydrogens is 240 g/mol. The van der Waals surface area contributed by atoms with E-state index in [9.17, 15) is 9.59 Å².